The zero-order valence-electron chi connectivity index (χ0n) is 11.0. The molecule has 0 aliphatic heterocycles. The number of hydrogen-bond acceptors (Lipinski definition) is 6. The summed E-state index contributed by atoms with van der Waals surface area (Å²) in [6.45, 7) is 5.31. The molecule has 7 nitrogen and oxygen atoms in total. The van der Waals surface area contributed by atoms with Crippen LogP contribution in [0.15, 0.2) is 12.1 Å². The molecule has 0 saturated heterocycles. The van der Waals surface area contributed by atoms with Crippen LogP contribution in [-0.2, 0) is 0 Å². The largest absolute Gasteiger partial charge is 0.504 e. The normalized spacial score (nSPS) is 15.0. The van der Waals surface area contributed by atoms with Crippen LogP contribution in [0.1, 0.15) is 32.4 Å². The Labute approximate surface area is 110 Å². The first-order chi connectivity index (χ1) is 8.55. The lowest BCUT2D eigenvalue weighted by molar-refractivity contribution is -0.386. The molecule has 0 amide bonds. The monoisotopic (exact) mass is 270 g/mol. The van der Waals surface area contributed by atoms with Gasteiger partial charge in [-0.25, -0.2) is 0 Å². The highest BCUT2D eigenvalue weighted by molar-refractivity contribution is 5.57. The van der Waals surface area contributed by atoms with Gasteiger partial charge in [0.25, 0.3) is 0 Å². The summed E-state index contributed by atoms with van der Waals surface area (Å²) in [6.07, 6.45) is -0.962. The van der Waals surface area contributed by atoms with E-state index in [9.17, 15) is 25.4 Å². The maximum Gasteiger partial charge on any atom is 0.314 e. The fourth-order valence-electron chi connectivity index (χ4n) is 1.68. The summed E-state index contributed by atoms with van der Waals surface area (Å²) < 4.78 is 0. The summed E-state index contributed by atoms with van der Waals surface area (Å²) in [5.41, 5.74) is 4.86. The van der Waals surface area contributed by atoms with Crippen LogP contribution in [0.25, 0.3) is 0 Å². The first kappa shape index (κ1) is 15.2. The third-order valence-electron chi connectivity index (χ3n) is 2.90. The Bertz CT molecular complexity index is 496. The van der Waals surface area contributed by atoms with Gasteiger partial charge in [0.1, 0.15) is 0 Å². The Morgan fingerprint density at radius 1 is 1.32 bits per heavy atom. The lowest BCUT2D eigenvalue weighted by atomic mass is 9.82. The quantitative estimate of drug-likeness (QED) is 0.373. The van der Waals surface area contributed by atoms with Crippen molar-refractivity contribution in [2.45, 2.75) is 32.9 Å². The SMILES string of the molecule is CC(C)(C)[C@H](O)[C@H](N)c1cc(O)c(O)c([N+](=O)[O-])c1. The second-order valence-electron chi connectivity index (χ2n) is 5.50. The van der Waals surface area contributed by atoms with Gasteiger partial charge in [-0.3, -0.25) is 10.1 Å². The van der Waals surface area contributed by atoms with Crippen molar-refractivity contribution in [3.8, 4) is 11.5 Å². The molecule has 106 valence electrons. The topological polar surface area (TPSA) is 130 Å². The number of aliphatic hydroxyl groups excluding tert-OH is 1. The summed E-state index contributed by atoms with van der Waals surface area (Å²) in [5.74, 6) is -1.45. The smallest absolute Gasteiger partial charge is 0.314 e. The van der Waals surface area contributed by atoms with Crippen LogP contribution in [0.4, 0.5) is 5.69 Å². The molecule has 0 unspecified atom stereocenters. The van der Waals surface area contributed by atoms with Gasteiger partial charge in [-0.15, -0.1) is 0 Å². The molecule has 0 bridgehead atoms. The standard InChI is InChI=1S/C12H18N2O5/c1-12(2,3)11(17)9(13)6-4-7(14(18)19)10(16)8(15)5-6/h4-5,9,11,15-17H,13H2,1-3H3/t9-,11-/m1/s1. The molecule has 1 aromatic carbocycles. The van der Waals surface area contributed by atoms with E-state index >= 15 is 0 Å². The number of nitrogens with two attached hydrogens (primary N) is 1. The minimum absolute atomic E-state index is 0.185. The predicted molar refractivity (Wildman–Crippen MR) is 68.8 cm³/mol. The van der Waals surface area contributed by atoms with Gasteiger partial charge in [-0.05, 0) is 17.0 Å². The number of rotatable bonds is 3. The maximum atomic E-state index is 10.7. The molecule has 0 aromatic heterocycles. The van der Waals surface area contributed by atoms with Crippen LogP contribution in [-0.4, -0.2) is 26.3 Å². The molecule has 1 aromatic rings. The second kappa shape index (κ2) is 5.02. The van der Waals surface area contributed by atoms with Crippen LogP contribution in [0.2, 0.25) is 0 Å². The molecule has 0 heterocycles. The summed E-state index contributed by atoms with van der Waals surface area (Å²) >= 11 is 0. The van der Waals surface area contributed by atoms with E-state index in [1.165, 1.54) is 0 Å². The van der Waals surface area contributed by atoms with Crippen LogP contribution < -0.4 is 5.73 Å². The van der Waals surface area contributed by atoms with Crippen molar-refractivity contribution in [2.24, 2.45) is 11.1 Å². The van der Waals surface area contributed by atoms with E-state index < -0.39 is 39.7 Å². The van der Waals surface area contributed by atoms with Gasteiger partial charge in [0.2, 0.25) is 5.75 Å². The number of phenols is 2. The second-order valence-corrected chi connectivity index (χ2v) is 5.50. The fraction of sp³-hybridized carbons (Fsp3) is 0.500. The van der Waals surface area contributed by atoms with Crippen molar-refractivity contribution in [3.05, 3.63) is 27.8 Å². The Morgan fingerprint density at radius 2 is 1.84 bits per heavy atom. The molecule has 1 rings (SSSR count). The number of aromatic hydroxyl groups is 2. The Hall–Kier alpha value is -1.86. The molecule has 0 aliphatic carbocycles. The van der Waals surface area contributed by atoms with E-state index in [1.807, 2.05) is 0 Å². The minimum Gasteiger partial charge on any atom is -0.504 e. The maximum absolute atomic E-state index is 10.7. The van der Waals surface area contributed by atoms with Crippen molar-refractivity contribution in [1.29, 1.82) is 0 Å². The molecule has 0 saturated carbocycles. The van der Waals surface area contributed by atoms with Crippen LogP contribution in [0.5, 0.6) is 11.5 Å². The van der Waals surface area contributed by atoms with Gasteiger partial charge in [-0.2, -0.15) is 0 Å². The summed E-state index contributed by atoms with van der Waals surface area (Å²) in [4.78, 5) is 9.92. The average Bonchev–Trinajstić information content (AvgIpc) is 2.28. The van der Waals surface area contributed by atoms with Gasteiger partial charge in [0.15, 0.2) is 5.75 Å². The summed E-state index contributed by atoms with van der Waals surface area (Å²) in [6, 6.07) is 1.25. The van der Waals surface area contributed by atoms with Crippen molar-refractivity contribution in [1.82, 2.24) is 0 Å². The molecular weight excluding hydrogens is 252 g/mol. The Balaban J connectivity index is 3.25. The highest BCUT2D eigenvalue weighted by Crippen LogP contribution is 2.39. The minimum atomic E-state index is -0.962. The molecular formula is C12H18N2O5. The van der Waals surface area contributed by atoms with Gasteiger partial charge in [0, 0.05) is 6.07 Å². The summed E-state index contributed by atoms with van der Waals surface area (Å²) in [5, 5.41) is 39.7. The lowest BCUT2D eigenvalue weighted by Gasteiger charge is -2.31. The molecule has 19 heavy (non-hydrogen) atoms. The number of phenolic OH excluding ortho intramolecular Hbond substituents is 2. The Kier molecular flexibility index (Phi) is 4.02. The molecule has 5 N–H and O–H groups in total. The zero-order chi connectivity index (χ0) is 15.0. The number of benzene rings is 1. The van der Waals surface area contributed by atoms with Crippen LogP contribution in [0, 0.1) is 15.5 Å². The number of nitrogens with zero attached hydrogens (tertiary/aromatic N) is 1. The highest BCUT2D eigenvalue weighted by atomic mass is 16.6. The number of nitro groups is 1. The Morgan fingerprint density at radius 3 is 2.26 bits per heavy atom. The highest BCUT2D eigenvalue weighted by Gasteiger charge is 2.31. The van der Waals surface area contributed by atoms with Crippen molar-refractivity contribution < 1.29 is 20.2 Å². The van der Waals surface area contributed by atoms with E-state index in [0.717, 1.165) is 12.1 Å². The molecule has 0 fully saturated rings. The average molecular weight is 270 g/mol. The van der Waals surface area contributed by atoms with E-state index in [4.69, 9.17) is 5.73 Å². The molecule has 2 atom stereocenters. The van der Waals surface area contributed by atoms with Crippen molar-refractivity contribution >= 4 is 5.69 Å². The van der Waals surface area contributed by atoms with Gasteiger partial charge in [0.05, 0.1) is 17.1 Å². The van der Waals surface area contributed by atoms with Crippen LogP contribution >= 0.6 is 0 Å². The van der Waals surface area contributed by atoms with E-state index in [-0.39, 0.29) is 5.56 Å². The third-order valence-corrected chi connectivity index (χ3v) is 2.90. The zero-order valence-corrected chi connectivity index (χ0v) is 11.0. The third kappa shape index (κ3) is 3.12. The number of nitro benzene ring substituents is 1. The number of aliphatic hydroxyl groups is 1. The fourth-order valence-corrected chi connectivity index (χ4v) is 1.68. The lowest BCUT2D eigenvalue weighted by Crippen LogP contribution is -2.36. The van der Waals surface area contributed by atoms with Crippen LogP contribution in [0.3, 0.4) is 0 Å². The predicted octanol–water partition coefficient (Wildman–Crippen LogP) is 1.41. The van der Waals surface area contributed by atoms with Gasteiger partial charge >= 0.3 is 5.69 Å². The number of hydrogen-bond donors (Lipinski definition) is 4. The first-order valence-corrected chi connectivity index (χ1v) is 5.69. The summed E-state index contributed by atoms with van der Waals surface area (Å²) in [7, 11) is 0. The van der Waals surface area contributed by atoms with E-state index in [2.05, 4.69) is 0 Å². The molecule has 0 aliphatic rings. The van der Waals surface area contributed by atoms with Gasteiger partial charge in [-0.1, -0.05) is 20.8 Å². The van der Waals surface area contributed by atoms with E-state index in [0.29, 0.717) is 0 Å². The molecule has 0 spiro atoms. The van der Waals surface area contributed by atoms with Crippen molar-refractivity contribution in [3.63, 3.8) is 0 Å². The van der Waals surface area contributed by atoms with Gasteiger partial charge < -0.3 is 21.1 Å². The van der Waals surface area contributed by atoms with E-state index in [1.54, 1.807) is 20.8 Å². The molecule has 7 heteroatoms. The van der Waals surface area contributed by atoms with Crippen molar-refractivity contribution in [2.75, 3.05) is 0 Å². The first-order valence-electron chi connectivity index (χ1n) is 5.69. The molecule has 0 radical (unpaired) electrons.